The summed E-state index contributed by atoms with van der Waals surface area (Å²) < 4.78 is 5.27. The maximum Gasteiger partial charge on any atom is 0.101 e. The van der Waals surface area contributed by atoms with E-state index in [-0.39, 0.29) is 0 Å². The number of ether oxygens (including phenoxy) is 1. The molecule has 0 radical (unpaired) electrons. The van der Waals surface area contributed by atoms with Gasteiger partial charge in [0, 0.05) is 12.5 Å². The van der Waals surface area contributed by atoms with Crippen molar-refractivity contribution in [3.05, 3.63) is 12.3 Å². The maximum absolute atomic E-state index is 5.59. The molecule has 2 nitrogen and oxygen atoms in total. The van der Waals surface area contributed by atoms with E-state index in [9.17, 15) is 0 Å². The smallest absolute Gasteiger partial charge is 0.101 e. The molecular formula is C8H15NO. The quantitative estimate of drug-likeness (QED) is 0.645. The molecule has 1 aliphatic heterocycles. The highest BCUT2D eigenvalue weighted by atomic mass is 16.5. The monoisotopic (exact) mass is 141 g/mol. The van der Waals surface area contributed by atoms with Crippen LogP contribution in [0.2, 0.25) is 0 Å². The highest BCUT2D eigenvalue weighted by Gasteiger charge is 2.10. The molecular weight excluding hydrogens is 126 g/mol. The molecule has 2 N–H and O–H groups in total. The second kappa shape index (κ2) is 3.62. The highest BCUT2D eigenvalue weighted by Crippen LogP contribution is 2.14. The molecule has 0 bridgehead atoms. The molecule has 58 valence electrons. The van der Waals surface area contributed by atoms with Crippen molar-refractivity contribution >= 4 is 0 Å². The molecule has 2 unspecified atom stereocenters. The molecule has 10 heavy (non-hydrogen) atoms. The molecule has 2 atom stereocenters. The van der Waals surface area contributed by atoms with E-state index in [0.717, 1.165) is 19.3 Å². The van der Waals surface area contributed by atoms with Gasteiger partial charge >= 0.3 is 0 Å². The molecule has 0 aromatic rings. The molecule has 2 heteroatoms. The highest BCUT2D eigenvalue weighted by molar-refractivity contribution is 4.86. The first-order valence-corrected chi connectivity index (χ1v) is 3.85. The minimum atomic E-state index is 0.309. The Kier molecular flexibility index (Phi) is 2.75. The Hall–Kier alpha value is -0.500. The Morgan fingerprint density at radius 1 is 1.80 bits per heavy atom. The summed E-state index contributed by atoms with van der Waals surface area (Å²) in [5, 5.41) is 0. The van der Waals surface area contributed by atoms with Crippen LogP contribution in [0.3, 0.4) is 0 Å². The summed E-state index contributed by atoms with van der Waals surface area (Å²) in [7, 11) is 0. The predicted molar refractivity (Wildman–Crippen MR) is 41.5 cm³/mol. The van der Waals surface area contributed by atoms with Gasteiger partial charge in [0.25, 0.3) is 0 Å². The van der Waals surface area contributed by atoms with Crippen LogP contribution in [0.4, 0.5) is 0 Å². The van der Waals surface area contributed by atoms with Crippen LogP contribution in [0, 0.1) is 0 Å². The third kappa shape index (κ3) is 2.40. The Balaban J connectivity index is 2.03. The van der Waals surface area contributed by atoms with Crippen LogP contribution in [-0.2, 0) is 4.74 Å². The van der Waals surface area contributed by atoms with Gasteiger partial charge < -0.3 is 10.5 Å². The van der Waals surface area contributed by atoms with Gasteiger partial charge in [0.15, 0.2) is 0 Å². The van der Waals surface area contributed by atoms with E-state index in [0.29, 0.717) is 12.1 Å². The summed E-state index contributed by atoms with van der Waals surface area (Å²) in [5.74, 6) is 0. The fraction of sp³-hybridized carbons (Fsp3) is 0.750. The van der Waals surface area contributed by atoms with Crippen LogP contribution in [0.1, 0.15) is 26.2 Å². The second-order valence-electron chi connectivity index (χ2n) is 2.92. The van der Waals surface area contributed by atoms with Crippen LogP contribution in [0.25, 0.3) is 0 Å². The second-order valence-corrected chi connectivity index (χ2v) is 2.92. The van der Waals surface area contributed by atoms with Crippen molar-refractivity contribution in [2.45, 2.75) is 38.3 Å². The molecule has 0 amide bonds. The predicted octanol–water partition coefficient (Wildman–Crippen LogP) is 1.42. The van der Waals surface area contributed by atoms with Crippen molar-refractivity contribution in [1.29, 1.82) is 0 Å². The minimum absolute atomic E-state index is 0.309. The summed E-state index contributed by atoms with van der Waals surface area (Å²) in [6.45, 7) is 2.03. The van der Waals surface area contributed by atoms with Gasteiger partial charge in [-0.2, -0.15) is 0 Å². The van der Waals surface area contributed by atoms with Crippen LogP contribution < -0.4 is 5.73 Å². The lowest BCUT2D eigenvalue weighted by Crippen LogP contribution is -2.17. The number of nitrogens with two attached hydrogens (primary N) is 1. The lowest BCUT2D eigenvalue weighted by Gasteiger charge is -2.10. The van der Waals surface area contributed by atoms with E-state index in [1.165, 1.54) is 0 Å². The Labute approximate surface area is 62.1 Å². The first-order valence-electron chi connectivity index (χ1n) is 3.85. The lowest BCUT2D eigenvalue weighted by molar-refractivity contribution is 0.156. The van der Waals surface area contributed by atoms with E-state index in [1.54, 1.807) is 6.26 Å². The van der Waals surface area contributed by atoms with E-state index >= 15 is 0 Å². The zero-order valence-corrected chi connectivity index (χ0v) is 6.42. The fourth-order valence-corrected chi connectivity index (χ4v) is 1.06. The molecule has 0 aliphatic carbocycles. The van der Waals surface area contributed by atoms with E-state index < -0.39 is 0 Å². The molecule has 1 rings (SSSR count). The van der Waals surface area contributed by atoms with Gasteiger partial charge in [-0.25, -0.2) is 0 Å². The molecule has 0 saturated heterocycles. The average molecular weight is 141 g/mol. The standard InChI is InChI=1S/C8H15NO/c1-7(9)4-5-8-3-2-6-10-8/h2,6-8H,3-5,9H2,1H3. The van der Waals surface area contributed by atoms with Gasteiger partial charge in [-0.15, -0.1) is 0 Å². The van der Waals surface area contributed by atoms with Crippen molar-refractivity contribution in [3.63, 3.8) is 0 Å². The maximum atomic E-state index is 5.59. The van der Waals surface area contributed by atoms with Gasteiger partial charge in [-0.05, 0) is 25.8 Å². The van der Waals surface area contributed by atoms with Crippen LogP contribution in [0.15, 0.2) is 12.3 Å². The largest absolute Gasteiger partial charge is 0.498 e. The van der Waals surface area contributed by atoms with Crippen molar-refractivity contribution < 1.29 is 4.74 Å². The summed E-state index contributed by atoms with van der Waals surface area (Å²) in [5.41, 5.74) is 5.59. The van der Waals surface area contributed by atoms with Crippen molar-refractivity contribution in [2.75, 3.05) is 0 Å². The first kappa shape index (κ1) is 7.61. The first-order chi connectivity index (χ1) is 4.79. The Morgan fingerprint density at radius 2 is 2.60 bits per heavy atom. The Morgan fingerprint density at radius 3 is 3.10 bits per heavy atom. The molecule has 1 heterocycles. The molecule has 1 aliphatic rings. The molecule has 0 aromatic carbocycles. The number of rotatable bonds is 3. The third-order valence-electron chi connectivity index (χ3n) is 1.71. The van der Waals surface area contributed by atoms with Gasteiger partial charge in [0.2, 0.25) is 0 Å². The van der Waals surface area contributed by atoms with Crippen molar-refractivity contribution in [3.8, 4) is 0 Å². The Bertz CT molecular complexity index is 112. The molecule has 0 fully saturated rings. The van der Waals surface area contributed by atoms with E-state index in [1.807, 2.05) is 6.92 Å². The SMILES string of the molecule is CC(N)CCC1CC=CO1. The lowest BCUT2D eigenvalue weighted by atomic mass is 10.1. The molecule has 0 saturated carbocycles. The zero-order chi connectivity index (χ0) is 7.40. The van der Waals surface area contributed by atoms with Crippen molar-refractivity contribution in [1.82, 2.24) is 0 Å². The van der Waals surface area contributed by atoms with Gasteiger partial charge in [0.05, 0.1) is 6.26 Å². The third-order valence-corrected chi connectivity index (χ3v) is 1.71. The summed E-state index contributed by atoms with van der Waals surface area (Å²) >= 11 is 0. The number of hydrogen-bond acceptors (Lipinski definition) is 2. The van der Waals surface area contributed by atoms with Gasteiger partial charge in [-0.3, -0.25) is 0 Å². The van der Waals surface area contributed by atoms with Gasteiger partial charge in [0.1, 0.15) is 6.10 Å². The van der Waals surface area contributed by atoms with E-state index in [2.05, 4.69) is 6.08 Å². The zero-order valence-electron chi connectivity index (χ0n) is 6.42. The average Bonchev–Trinajstić information content (AvgIpc) is 2.34. The van der Waals surface area contributed by atoms with Gasteiger partial charge in [-0.1, -0.05) is 0 Å². The minimum Gasteiger partial charge on any atom is -0.498 e. The summed E-state index contributed by atoms with van der Waals surface area (Å²) in [6.07, 6.45) is 7.47. The van der Waals surface area contributed by atoms with Crippen LogP contribution in [-0.4, -0.2) is 12.1 Å². The summed E-state index contributed by atoms with van der Waals surface area (Å²) in [6, 6.07) is 0.309. The fourth-order valence-electron chi connectivity index (χ4n) is 1.06. The van der Waals surface area contributed by atoms with Crippen molar-refractivity contribution in [2.24, 2.45) is 5.73 Å². The van der Waals surface area contributed by atoms with E-state index in [4.69, 9.17) is 10.5 Å². The topological polar surface area (TPSA) is 35.2 Å². The normalized spacial score (nSPS) is 26.4. The van der Waals surface area contributed by atoms with Crippen LogP contribution >= 0.6 is 0 Å². The molecule has 0 spiro atoms. The molecule has 0 aromatic heterocycles. The number of hydrogen-bond donors (Lipinski definition) is 1. The van der Waals surface area contributed by atoms with Crippen LogP contribution in [0.5, 0.6) is 0 Å². The summed E-state index contributed by atoms with van der Waals surface area (Å²) in [4.78, 5) is 0.